The SMILES string of the molecule is CC[C@H]1[C@@H](O)C2C3C[C@H](O)[C@H]([C@H](C)CCC(=O)OC)[C@@]3(C)CCC2[C@@]2(C)CC[C@@H](O)C[C@@H]12. The van der Waals surface area contributed by atoms with E-state index in [1.54, 1.807) is 0 Å². The Kier molecular flexibility index (Phi) is 6.77. The smallest absolute Gasteiger partial charge is 0.305 e. The maximum absolute atomic E-state index is 11.8. The van der Waals surface area contributed by atoms with E-state index in [2.05, 4.69) is 27.7 Å². The number of fused-ring (bicyclic) bond motifs is 5. The Balaban J connectivity index is 1.62. The van der Waals surface area contributed by atoms with E-state index in [1.165, 1.54) is 7.11 Å². The third kappa shape index (κ3) is 3.65. The molecule has 0 saturated heterocycles. The van der Waals surface area contributed by atoms with E-state index in [0.29, 0.717) is 24.2 Å². The highest BCUT2D eigenvalue weighted by atomic mass is 16.5. The molecule has 5 nitrogen and oxygen atoms in total. The first kappa shape index (κ1) is 24.5. The number of ether oxygens (including phenoxy) is 1. The van der Waals surface area contributed by atoms with Crippen LogP contribution in [0.4, 0.5) is 0 Å². The topological polar surface area (TPSA) is 87.0 Å². The van der Waals surface area contributed by atoms with Gasteiger partial charge in [0, 0.05) is 6.42 Å². The van der Waals surface area contributed by atoms with E-state index >= 15 is 0 Å². The normalized spacial score (nSPS) is 51.3. The number of aliphatic hydroxyl groups excluding tert-OH is 3. The zero-order valence-electron chi connectivity index (χ0n) is 20.8. The van der Waals surface area contributed by atoms with Crippen molar-refractivity contribution >= 4 is 5.97 Å². The zero-order valence-corrected chi connectivity index (χ0v) is 20.8. The fourth-order valence-electron chi connectivity index (χ4n) is 9.67. The third-order valence-corrected chi connectivity index (χ3v) is 11.1. The molecule has 5 heteroatoms. The maximum Gasteiger partial charge on any atom is 0.305 e. The van der Waals surface area contributed by atoms with Crippen molar-refractivity contribution < 1.29 is 24.9 Å². The number of hydrogen-bond acceptors (Lipinski definition) is 5. The molecule has 4 aliphatic rings. The highest BCUT2D eigenvalue weighted by Crippen LogP contribution is 2.69. The van der Waals surface area contributed by atoms with Gasteiger partial charge in [0.1, 0.15) is 0 Å². The van der Waals surface area contributed by atoms with Gasteiger partial charge >= 0.3 is 5.97 Å². The first-order chi connectivity index (χ1) is 15.1. The van der Waals surface area contributed by atoms with Gasteiger partial charge in [0.05, 0.1) is 25.4 Å². The summed E-state index contributed by atoms with van der Waals surface area (Å²) in [5.74, 6) is 1.84. The molecule has 184 valence electrons. The lowest BCUT2D eigenvalue weighted by atomic mass is 9.41. The fraction of sp³-hybridized carbons (Fsp3) is 0.963. The highest BCUT2D eigenvalue weighted by molar-refractivity contribution is 5.69. The Labute approximate surface area is 194 Å². The van der Waals surface area contributed by atoms with Crippen molar-refractivity contribution in [1.82, 2.24) is 0 Å². The van der Waals surface area contributed by atoms with Crippen LogP contribution in [0.15, 0.2) is 0 Å². The summed E-state index contributed by atoms with van der Waals surface area (Å²) < 4.78 is 4.85. The van der Waals surface area contributed by atoms with Crippen molar-refractivity contribution in [3.63, 3.8) is 0 Å². The third-order valence-electron chi connectivity index (χ3n) is 11.1. The standard InChI is InChI=1S/C27H46O5/c1-6-17-19-13-16(28)9-11-26(19,3)18-10-12-27(4)20(23(18)25(17)31)14-21(29)24(27)15(2)7-8-22(30)32-5/h15-21,23-25,28-29,31H,6-14H2,1-5H3/t15-,16-,17-,18?,19+,20?,21+,23?,24+,25-,26-,27+/m1/s1. The number of methoxy groups -OCH3 is 1. The van der Waals surface area contributed by atoms with E-state index in [4.69, 9.17) is 4.74 Å². The van der Waals surface area contributed by atoms with E-state index < -0.39 is 0 Å². The molecule has 4 aliphatic carbocycles. The van der Waals surface area contributed by atoms with Crippen molar-refractivity contribution in [3.05, 3.63) is 0 Å². The molecule has 4 rings (SSSR count). The van der Waals surface area contributed by atoms with Gasteiger partial charge in [-0.2, -0.15) is 0 Å². The van der Waals surface area contributed by atoms with Crippen LogP contribution in [0.3, 0.4) is 0 Å². The predicted octanol–water partition coefficient (Wildman–Crippen LogP) is 4.17. The first-order valence-electron chi connectivity index (χ1n) is 13.2. The van der Waals surface area contributed by atoms with Crippen molar-refractivity contribution in [1.29, 1.82) is 0 Å². The quantitative estimate of drug-likeness (QED) is 0.547. The first-order valence-corrected chi connectivity index (χ1v) is 13.2. The Bertz CT molecular complexity index is 696. The van der Waals surface area contributed by atoms with Gasteiger partial charge in [0.15, 0.2) is 0 Å². The summed E-state index contributed by atoms with van der Waals surface area (Å²) in [4.78, 5) is 11.7. The average Bonchev–Trinajstić information content (AvgIpc) is 3.03. The van der Waals surface area contributed by atoms with Crippen molar-refractivity contribution in [2.75, 3.05) is 7.11 Å². The van der Waals surface area contributed by atoms with Crippen molar-refractivity contribution in [3.8, 4) is 0 Å². The Morgan fingerprint density at radius 1 is 1.03 bits per heavy atom. The summed E-state index contributed by atoms with van der Waals surface area (Å²) in [6.07, 6.45) is 6.83. The number of carbonyl (C=O) groups excluding carboxylic acids is 1. The number of carbonyl (C=O) groups is 1. The van der Waals surface area contributed by atoms with Crippen LogP contribution in [0, 0.1) is 52.3 Å². The van der Waals surface area contributed by atoms with E-state index in [9.17, 15) is 20.1 Å². The molecule has 0 bridgehead atoms. The highest BCUT2D eigenvalue weighted by Gasteiger charge is 2.66. The summed E-state index contributed by atoms with van der Waals surface area (Å²) in [6, 6.07) is 0. The molecule has 0 spiro atoms. The molecule has 3 N–H and O–H groups in total. The summed E-state index contributed by atoms with van der Waals surface area (Å²) >= 11 is 0. The molecule has 0 aliphatic heterocycles. The van der Waals surface area contributed by atoms with Crippen LogP contribution in [0.2, 0.25) is 0 Å². The lowest BCUT2D eigenvalue weighted by molar-refractivity contribution is -0.203. The molecule has 0 heterocycles. The minimum atomic E-state index is -0.373. The largest absolute Gasteiger partial charge is 0.469 e. The van der Waals surface area contributed by atoms with Crippen LogP contribution in [0.25, 0.3) is 0 Å². The Morgan fingerprint density at radius 2 is 1.72 bits per heavy atom. The molecular weight excluding hydrogens is 404 g/mol. The van der Waals surface area contributed by atoms with Crippen LogP contribution in [0.5, 0.6) is 0 Å². The van der Waals surface area contributed by atoms with E-state index in [0.717, 1.165) is 51.4 Å². The van der Waals surface area contributed by atoms with Gasteiger partial charge in [0.2, 0.25) is 0 Å². The van der Waals surface area contributed by atoms with Gasteiger partial charge in [-0.15, -0.1) is 0 Å². The monoisotopic (exact) mass is 450 g/mol. The molecule has 32 heavy (non-hydrogen) atoms. The average molecular weight is 451 g/mol. The summed E-state index contributed by atoms with van der Waals surface area (Å²) in [5, 5.41) is 33.5. The fourth-order valence-corrected chi connectivity index (χ4v) is 9.67. The molecule has 0 amide bonds. The van der Waals surface area contributed by atoms with Crippen molar-refractivity contribution in [2.45, 2.75) is 104 Å². The number of hydrogen-bond donors (Lipinski definition) is 3. The molecule has 12 atom stereocenters. The number of rotatable bonds is 5. The second-order valence-corrected chi connectivity index (χ2v) is 12.4. The zero-order chi connectivity index (χ0) is 23.4. The van der Waals surface area contributed by atoms with Crippen molar-refractivity contribution in [2.24, 2.45) is 52.3 Å². The maximum atomic E-state index is 11.8. The molecule has 0 radical (unpaired) electrons. The molecule has 4 saturated carbocycles. The van der Waals surface area contributed by atoms with Crippen LogP contribution in [-0.4, -0.2) is 46.7 Å². The van der Waals surface area contributed by atoms with Crippen LogP contribution >= 0.6 is 0 Å². The number of esters is 1. The molecular formula is C27H46O5. The summed E-state index contributed by atoms with van der Waals surface area (Å²) in [6.45, 7) is 9.18. The lowest BCUT2D eigenvalue weighted by Gasteiger charge is -2.64. The molecule has 3 unspecified atom stereocenters. The lowest BCUT2D eigenvalue weighted by Crippen LogP contribution is -2.62. The van der Waals surface area contributed by atoms with E-state index in [-0.39, 0.29) is 58.8 Å². The van der Waals surface area contributed by atoms with Gasteiger partial charge < -0.3 is 20.1 Å². The summed E-state index contributed by atoms with van der Waals surface area (Å²) in [5.41, 5.74) is 0.164. The van der Waals surface area contributed by atoms with Gasteiger partial charge in [-0.25, -0.2) is 0 Å². The Hall–Kier alpha value is -0.650. The minimum absolute atomic E-state index is 0.00717. The second kappa shape index (κ2) is 8.85. The minimum Gasteiger partial charge on any atom is -0.469 e. The number of aliphatic hydroxyl groups is 3. The molecule has 0 aromatic carbocycles. The molecule has 0 aromatic rings. The van der Waals surface area contributed by atoms with Gasteiger partial charge in [0.25, 0.3) is 0 Å². The van der Waals surface area contributed by atoms with E-state index in [1.807, 2.05) is 0 Å². The van der Waals surface area contributed by atoms with Crippen LogP contribution in [-0.2, 0) is 9.53 Å². The van der Waals surface area contributed by atoms with Gasteiger partial charge in [-0.05, 0) is 97.2 Å². The molecule has 4 fully saturated rings. The van der Waals surface area contributed by atoms with Crippen LogP contribution < -0.4 is 0 Å². The second-order valence-electron chi connectivity index (χ2n) is 12.4. The van der Waals surface area contributed by atoms with Gasteiger partial charge in [-0.3, -0.25) is 4.79 Å². The van der Waals surface area contributed by atoms with Crippen LogP contribution in [0.1, 0.15) is 85.5 Å². The predicted molar refractivity (Wildman–Crippen MR) is 124 cm³/mol. The Morgan fingerprint density at radius 3 is 2.38 bits per heavy atom. The van der Waals surface area contributed by atoms with Gasteiger partial charge in [-0.1, -0.05) is 34.1 Å². The molecule has 0 aromatic heterocycles. The summed E-state index contributed by atoms with van der Waals surface area (Å²) in [7, 11) is 1.43.